The van der Waals surface area contributed by atoms with E-state index in [9.17, 15) is 9.59 Å². The van der Waals surface area contributed by atoms with Crippen LogP contribution in [0.4, 0.5) is 0 Å². The molecule has 0 aromatic heterocycles. The number of rotatable bonds is 4. The third kappa shape index (κ3) is 3.19. The minimum atomic E-state index is -0.761. The molecule has 0 aromatic rings. The second kappa shape index (κ2) is 5.51. The average molecular weight is 271 g/mol. The second-order valence-corrected chi connectivity index (χ2v) is 7.35. The topological polar surface area (TPSA) is 66.4 Å². The summed E-state index contributed by atoms with van der Waals surface area (Å²) in [5.41, 5.74) is 0. The molecule has 3 atom stereocenters. The Morgan fingerprint density at radius 2 is 2.11 bits per heavy atom. The molecule has 1 aliphatic heterocycles. The van der Waals surface area contributed by atoms with Gasteiger partial charge < -0.3 is 10.4 Å². The number of carbonyl (C=O) groups is 2. The Balaban J connectivity index is 1.77. The van der Waals surface area contributed by atoms with Crippen molar-refractivity contribution in [3.05, 3.63) is 0 Å². The molecule has 18 heavy (non-hydrogen) atoms. The molecule has 1 aliphatic carbocycles. The van der Waals surface area contributed by atoms with Gasteiger partial charge in [0.1, 0.15) is 0 Å². The van der Waals surface area contributed by atoms with Gasteiger partial charge in [0.2, 0.25) is 5.91 Å². The van der Waals surface area contributed by atoms with E-state index in [2.05, 4.69) is 12.2 Å². The first-order chi connectivity index (χ1) is 8.50. The van der Waals surface area contributed by atoms with Gasteiger partial charge in [-0.15, -0.1) is 0 Å². The maximum Gasteiger partial charge on any atom is 0.306 e. The summed E-state index contributed by atoms with van der Waals surface area (Å²) in [5.74, 6) is 0.0473. The van der Waals surface area contributed by atoms with Crippen LogP contribution in [0, 0.1) is 11.8 Å². The molecule has 102 valence electrons. The first-order valence-corrected chi connectivity index (χ1v) is 7.63. The summed E-state index contributed by atoms with van der Waals surface area (Å²) in [4.78, 5) is 22.9. The molecule has 2 N–H and O–H groups in total. The van der Waals surface area contributed by atoms with E-state index in [1.165, 1.54) is 12.2 Å². The summed E-state index contributed by atoms with van der Waals surface area (Å²) >= 11 is 1.93. The predicted octanol–water partition coefficient (Wildman–Crippen LogP) is 1.89. The summed E-state index contributed by atoms with van der Waals surface area (Å²) in [6.45, 7) is 2.91. The van der Waals surface area contributed by atoms with E-state index in [0.29, 0.717) is 25.8 Å². The third-order valence-electron chi connectivity index (χ3n) is 4.09. The molecular weight excluding hydrogens is 250 g/mol. The van der Waals surface area contributed by atoms with Gasteiger partial charge in [0.05, 0.1) is 5.92 Å². The van der Waals surface area contributed by atoms with Crippen molar-refractivity contribution in [2.75, 3.05) is 12.3 Å². The summed E-state index contributed by atoms with van der Waals surface area (Å²) in [7, 11) is 0. The molecule has 1 saturated carbocycles. The molecule has 0 aromatic carbocycles. The van der Waals surface area contributed by atoms with Gasteiger partial charge >= 0.3 is 5.97 Å². The Morgan fingerprint density at radius 1 is 1.39 bits per heavy atom. The Morgan fingerprint density at radius 3 is 2.67 bits per heavy atom. The van der Waals surface area contributed by atoms with Crippen LogP contribution in [-0.4, -0.2) is 34.0 Å². The lowest BCUT2D eigenvalue weighted by Gasteiger charge is -2.23. The Labute approximate surface area is 112 Å². The number of nitrogens with one attached hydrogen (secondary N) is 1. The van der Waals surface area contributed by atoms with E-state index in [0.717, 1.165) is 6.42 Å². The molecule has 1 heterocycles. The second-order valence-electron chi connectivity index (χ2n) is 5.66. The van der Waals surface area contributed by atoms with Crippen LogP contribution >= 0.6 is 11.8 Å². The van der Waals surface area contributed by atoms with Crippen molar-refractivity contribution >= 4 is 23.6 Å². The highest BCUT2D eigenvalue weighted by Gasteiger charge is 2.35. The molecule has 4 nitrogen and oxygen atoms in total. The van der Waals surface area contributed by atoms with Crippen molar-refractivity contribution in [2.45, 2.75) is 43.8 Å². The van der Waals surface area contributed by atoms with E-state index < -0.39 is 5.97 Å². The summed E-state index contributed by atoms with van der Waals surface area (Å²) in [6.07, 6.45) is 4.24. The van der Waals surface area contributed by atoms with Gasteiger partial charge in [0.15, 0.2) is 0 Å². The van der Waals surface area contributed by atoms with Crippen LogP contribution in [0.5, 0.6) is 0 Å². The fraction of sp³-hybridized carbons (Fsp3) is 0.846. The van der Waals surface area contributed by atoms with Crippen molar-refractivity contribution in [3.8, 4) is 0 Å². The van der Waals surface area contributed by atoms with Crippen LogP contribution in [0.1, 0.15) is 39.0 Å². The number of carbonyl (C=O) groups excluding carboxylic acids is 1. The molecule has 2 rings (SSSR count). The van der Waals surface area contributed by atoms with Gasteiger partial charge in [-0.1, -0.05) is 0 Å². The molecule has 1 unspecified atom stereocenters. The molecule has 1 amide bonds. The van der Waals surface area contributed by atoms with Crippen LogP contribution in [-0.2, 0) is 9.59 Å². The third-order valence-corrected chi connectivity index (χ3v) is 5.63. The normalized spacial score (nSPS) is 35.6. The number of hydrogen-bond acceptors (Lipinski definition) is 3. The molecule has 5 heteroatoms. The zero-order valence-corrected chi connectivity index (χ0v) is 11.6. The van der Waals surface area contributed by atoms with Gasteiger partial charge in [-0.05, 0) is 44.8 Å². The van der Waals surface area contributed by atoms with E-state index in [1.54, 1.807) is 0 Å². The monoisotopic (exact) mass is 271 g/mol. The lowest BCUT2D eigenvalue weighted by atomic mass is 10.0. The van der Waals surface area contributed by atoms with Gasteiger partial charge in [-0.3, -0.25) is 9.59 Å². The van der Waals surface area contributed by atoms with Crippen molar-refractivity contribution < 1.29 is 14.7 Å². The van der Waals surface area contributed by atoms with E-state index >= 15 is 0 Å². The van der Waals surface area contributed by atoms with Gasteiger partial charge in [0, 0.05) is 17.2 Å². The van der Waals surface area contributed by atoms with E-state index in [-0.39, 0.29) is 22.5 Å². The number of thioether (sulfide) groups is 1. The van der Waals surface area contributed by atoms with Crippen molar-refractivity contribution in [3.63, 3.8) is 0 Å². The number of amides is 1. The fourth-order valence-corrected chi connectivity index (χ4v) is 4.08. The largest absolute Gasteiger partial charge is 0.481 e. The molecule has 0 bridgehead atoms. The zero-order valence-electron chi connectivity index (χ0n) is 10.8. The lowest BCUT2D eigenvalue weighted by molar-refractivity contribution is -0.141. The quantitative estimate of drug-likeness (QED) is 0.819. The summed E-state index contributed by atoms with van der Waals surface area (Å²) in [5, 5.41) is 11.9. The number of hydrogen-bond donors (Lipinski definition) is 2. The Kier molecular flexibility index (Phi) is 4.20. The van der Waals surface area contributed by atoms with E-state index in [1.807, 2.05) is 11.8 Å². The lowest BCUT2D eigenvalue weighted by Crippen LogP contribution is -2.39. The Hall–Kier alpha value is -0.710. The minimum absolute atomic E-state index is 0.0486. The first kappa shape index (κ1) is 13.7. The van der Waals surface area contributed by atoms with Gasteiger partial charge in [0.25, 0.3) is 0 Å². The summed E-state index contributed by atoms with van der Waals surface area (Å²) in [6, 6.07) is 0. The first-order valence-electron chi connectivity index (χ1n) is 6.65. The highest BCUT2D eigenvalue weighted by atomic mass is 32.2. The number of carboxylic acid groups (broad SMARTS) is 1. The fourth-order valence-electron chi connectivity index (χ4n) is 2.84. The van der Waals surface area contributed by atoms with Crippen LogP contribution < -0.4 is 5.32 Å². The highest BCUT2D eigenvalue weighted by Crippen LogP contribution is 2.37. The smallest absolute Gasteiger partial charge is 0.306 e. The maximum atomic E-state index is 12.0. The van der Waals surface area contributed by atoms with Crippen LogP contribution in [0.3, 0.4) is 0 Å². The SMILES string of the molecule is CC1(CNC(=O)[C@@H]2CC[C@H](C(=O)O)C2)CCCS1. The standard InChI is InChI=1S/C13H21NO3S/c1-13(5-2-6-18-13)8-14-11(15)9-3-4-10(7-9)12(16)17/h9-10H,2-8H2,1H3,(H,14,15)(H,16,17)/t9-,10+,13?/m1/s1. The predicted molar refractivity (Wildman–Crippen MR) is 71.6 cm³/mol. The van der Waals surface area contributed by atoms with Crippen LogP contribution in [0.15, 0.2) is 0 Å². The van der Waals surface area contributed by atoms with E-state index in [4.69, 9.17) is 5.11 Å². The van der Waals surface area contributed by atoms with Crippen LogP contribution in [0.2, 0.25) is 0 Å². The number of carboxylic acids is 1. The average Bonchev–Trinajstić information content (AvgIpc) is 2.95. The number of aliphatic carboxylic acids is 1. The molecule has 1 saturated heterocycles. The molecule has 2 fully saturated rings. The summed E-state index contributed by atoms with van der Waals surface area (Å²) < 4.78 is 0.181. The molecule has 2 aliphatic rings. The zero-order chi connectivity index (χ0) is 13.2. The minimum Gasteiger partial charge on any atom is -0.481 e. The maximum absolute atomic E-state index is 12.0. The Bertz CT molecular complexity index is 339. The van der Waals surface area contributed by atoms with Crippen molar-refractivity contribution in [1.82, 2.24) is 5.32 Å². The van der Waals surface area contributed by atoms with Crippen molar-refractivity contribution in [2.24, 2.45) is 11.8 Å². The molecule has 0 spiro atoms. The van der Waals surface area contributed by atoms with Crippen molar-refractivity contribution in [1.29, 1.82) is 0 Å². The molecule has 0 radical (unpaired) electrons. The highest BCUT2D eigenvalue weighted by molar-refractivity contribution is 8.00. The van der Waals surface area contributed by atoms with Gasteiger partial charge in [-0.2, -0.15) is 11.8 Å². The van der Waals surface area contributed by atoms with Gasteiger partial charge in [-0.25, -0.2) is 0 Å². The molecular formula is C13H21NO3S. The van der Waals surface area contributed by atoms with Crippen LogP contribution in [0.25, 0.3) is 0 Å².